The van der Waals surface area contributed by atoms with Crippen molar-refractivity contribution in [3.63, 3.8) is 0 Å². The van der Waals surface area contributed by atoms with Crippen LogP contribution in [-0.2, 0) is 0 Å². The summed E-state index contributed by atoms with van der Waals surface area (Å²) in [7, 11) is 0. The number of thiophene rings is 1. The van der Waals surface area contributed by atoms with E-state index >= 15 is 0 Å². The average molecular weight is 450 g/mol. The third-order valence-electron chi connectivity index (χ3n) is 7.16. The summed E-state index contributed by atoms with van der Waals surface area (Å²) in [6.45, 7) is 0. The highest BCUT2D eigenvalue weighted by molar-refractivity contribution is 7.26. The van der Waals surface area contributed by atoms with Crippen molar-refractivity contribution in [1.82, 2.24) is 4.40 Å². The molecule has 0 fully saturated rings. The summed E-state index contributed by atoms with van der Waals surface area (Å²) in [6, 6.07) is 39.8. The number of aromatic nitrogens is 1. The molecule has 0 bridgehead atoms. The van der Waals surface area contributed by atoms with E-state index in [9.17, 15) is 0 Å². The second-order valence-corrected chi connectivity index (χ2v) is 10.1. The quantitative estimate of drug-likeness (QED) is 0.220. The first kappa shape index (κ1) is 18.3. The molecule has 2 heteroatoms. The first-order valence-electron chi connectivity index (χ1n) is 11.6. The van der Waals surface area contributed by atoms with Crippen LogP contribution in [-0.4, -0.2) is 4.40 Å². The van der Waals surface area contributed by atoms with Crippen LogP contribution in [0.1, 0.15) is 0 Å². The van der Waals surface area contributed by atoms with Gasteiger partial charge in [0.15, 0.2) is 0 Å². The van der Waals surface area contributed by atoms with Crippen LogP contribution in [0.2, 0.25) is 0 Å². The molecule has 0 saturated heterocycles. The lowest BCUT2D eigenvalue weighted by Gasteiger charge is -2.12. The number of hydrogen-bond acceptors (Lipinski definition) is 1. The second kappa shape index (κ2) is 6.69. The minimum absolute atomic E-state index is 1.25. The summed E-state index contributed by atoms with van der Waals surface area (Å²) in [4.78, 5) is 0. The molecule has 1 nitrogen and oxygen atoms in total. The van der Waals surface area contributed by atoms with E-state index in [1.54, 1.807) is 0 Å². The third kappa shape index (κ3) is 2.38. The van der Waals surface area contributed by atoms with Crippen molar-refractivity contribution in [2.45, 2.75) is 0 Å². The van der Waals surface area contributed by atoms with Crippen LogP contribution in [0.4, 0.5) is 0 Å². The number of hydrogen-bond donors (Lipinski definition) is 0. The Labute approximate surface area is 200 Å². The number of rotatable bonds is 1. The van der Waals surface area contributed by atoms with Gasteiger partial charge in [0.2, 0.25) is 0 Å². The molecule has 5 aromatic carbocycles. The van der Waals surface area contributed by atoms with Crippen molar-refractivity contribution in [1.29, 1.82) is 0 Å². The van der Waals surface area contributed by atoms with E-state index in [4.69, 9.17) is 0 Å². The zero-order valence-corrected chi connectivity index (χ0v) is 19.1. The molecule has 0 radical (unpaired) electrons. The Morgan fingerprint density at radius 2 is 1.18 bits per heavy atom. The van der Waals surface area contributed by atoms with E-state index in [1.165, 1.54) is 69.3 Å². The number of pyridine rings is 1. The molecule has 3 heterocycles. The van der Waals surface area contributed by atoms with Gasteiger partial charge in [-0.25, -0.2) is 0 Å². The molecule has 0 amide bonds. The van der Waals surface area contributed by atoms with E-state index in [0.29, 0.717) is 0 Å². The zero-order chi connectivity index (χ0) is 22.2. The van der Waals surface area contributed by atoms with Gasteiger partial charge < -0.3 is 4.40 Å². The van der Waals surface area contributed by atoms with Gasteiger partial charge in [-0.1, -0.05) is 97.1 Å². The summed E-state index contributed by atoms with van der Waals surface area (Å²) >= 11 is 1.90. The van der Waals surface area contributed by atoms with Gasteiger partial charge in [-0.05, 0) is 28.6 Å². The van der Waals surface area contributed by atoms with Crippen LogP contribution in [0.3, 0.4) is 0 Å². The first-order valence-corrected chi connectivity index (χ1v) is 12.4. The largest absolute Gasteiger partial charge is 0.313 e. The lowest BCUT2D eigenvalue weighted by Crippen LogP contribution is -1.91. The maximum absolute atomic E-state index is 2.45. The van der Waals surface area contributed by atoms with Crippen molar-refractivity contribution in [3.05, 3.63) is 115 Å². The Bertz CT molecular complexity index is 2060. The Kier molecular flexibility index (Phi) is 3.60. The van der Waals surface area contributed by atoms with Crippen molar-refractivity contribution in [2.24, 2.45) is 0 Å². The molecule has 8 aromatic rings. The summed E-state index contributed by atoms with van der Waals surface area (Å²) in [5.41, 5.74) is 5.11. The van der Waals surface area contributed by atoms with Crippen LogP contribution in [0.15, 0.2) is 115 Å². The average Bonchev–Trinajstić information content (AvgIpc) is 3.47. The predicted molar refractivity (Wildman–Crippen MR) is 148 cm³/mol. The van der Waals surface area contributed by atoms with Crippen molar-refractivity contribution < 1.29 is 0 Å². The molecule has 0 unspecified atom stereocenters. The Morgan fingerprint density at radius 3 is 2.09 bits per heavy atom. The smallest absolute Gasteiger partial charge is 0.0714 e. The summed E-state index contributed by atoms with van der Waals surface area (Å²) in [6.07, 6.45) is 2.32. The van der Waals surface area contributed by atoms with Crippen LogP contribution in [0, 0.1) is 0 Å². The highest BCUT2D eigenvalue weighted by Crippen LogP contribution is 2.43. The minimum Gasteiger partial charge on any atom is -0.313 e. The van der Waals surface area contributed by atoms with Gasteiger partial charge in [0.05, 0.1) is 15.7 Å². The fourth-order valence-corrected chi connectivity index (χ4v) is 6.87. The monoisotopic (exact) mass is 449 g/mol. The van der Waals surface area contributed by atoms with E-state index in [2.05, 4.69) is 120 Å². The maximum Gasteiger partial charge on any atom is 0.0714 e. The van der Waals surface area contributed by atoms with E-state index < -0.39 is 0 Å². The standard InChI is InChI=1S/C32H19NS/c1-2-8-20(9-3-1)21-14-15-25-28(18-21)26-16-17-27-24-12-6-7-13-29(24)34-32(27)31(26)33-19-22-10-4-5-11-23(22)30(25)33/h1-19H. The van der Waals surface area contributed by atoms with Crippen LogP contribution in [0.5, 0.6) is 0 Å². The second-order valence-electron chi connectivity index (χ2n) is 9.00. The maximum atomic E-state index is 2.45. The van der Waals surface area contributed by atoms with E-state index in [0.717, 1.165) is 0 Å². The van der Waals surface area contributed by atoms with Gasteiger partial charge in [0, 0.05) is 43.2 Å². The molecule has 8 rings (SSSR count). The number of fused-ring (bicyclic) bond motifs is 12. The summed E-state index contributed by atoms with van der Waals surface area (Å²) in [5.74, 6) is 0. The Balaban J connectivity index is 1.65. The molecule has 0 atom stereocenters. The van der Waals surface area contributed by atoms with Crippen LogP contribution in [0.25, 0.3) is 69.3 Å². The van der Waals surface area contributed by atoms with Crippen molar-refractivity contribution in [2.75, 3.05) is 0 Å². The van der Waals surface area contributed by atoms with Crippen LogP contribution < -0.4 is 0 Å². The highest BCUT2D eigenvalue weighted by Gasteiger charge is 2.17. The molecular formula is C32H19NS. The van der Waals surface area contributed by atoms with Gasteiger partial charge in [0.25, 0.3) is 0 Å². The third-order valence-corrected chi connectivity index (χ3v) is 8.35. The number of benzene rings is 5. The lowest BCUT2D eigenvalue weighted by atomic mass is 9.97. The molecule has 0 saturated carbocycles. The fourth-order valence-electron chi connectivity index (χ4n) is 5.62. The Hall–Kier alpha value is -4.14. The molecule has 0 aliphatic rings. The molecule has 34 heavy (non-hydrogen) atoms. The van der Waals surface area contributed by atoms with E-state index in [-0.39, 0.29) is 0 Å². The molecule has 158 valence electrons. The topological polar surface area (TPSA) is 4.41 Å². The van der Waals surface area contributed by atoms with Crippen molar-refractivity contribution in [3.8, 4) is 11.1 Å². The Morgan fingerprint density at radius 1 is 0.471 bits per heavy atom. The van der Waals surface area contributed by atoms with Gasteiger partial charge in [-0.3, -0.25) is 0 Å². The summed E-state index contributed by atoms with van der Waals surface area (Å²) in [5, 5.41) is 9.18. The normalized spacial score (nSPS) is 12.1. The van der Waals surface area contributed by atoms with Gasteiger partial charge in [-0.2, -0.15) is 0 Å². The first-order chi connectivity index (χ1) is 16.9. The van der Waals surface area contributed by atoms with Gasteiger partial charge in [0.1, 0.15) is 0 Å². The molecule has 0 spiro atoms. The minimum atomic E-state index is 1.25. The predicted octanol–water partition coefficient (Wildman–Crippen LogP) is 9.43. The lowest BCUT2D eigenvalue weighted by molar-refractivity contribution is 1.31. The zero-order valence-electron chi connectivity index (χ0n) is 18.3. The molecular weight excluding hydrogens is 430 g/mol. The molecule has 0 aliphatic heterocycles. The van der Waals surface area contributed by atoms with Crippen molar-refractivity contribution >= 4 is 69.5 Å². The van der Waals surface area contributed by atoms with Crippen LogP contribution >= 0.6 is 11.3 Å². The van der Waals surface area contributed by atoms with Gasteiger partial charge >= 0.3 is 0 Å². The SMILES string of the molecule is c1ccc(-c2ccc3c(c2)c2ccc4c5ccccc5sc4c2n2cc4ccccc4c32)cc1. The molecule has 0 N–H and O–H groups in total. The molecule has 0 aliphatic carbocycles. The van der Waals surface area contributed by atoms with Gasteiger partial charge in [-0.15, -0.1) is 11.3 Å². The van der Waals surface area contributed by atoms with E-state index in [1.807, 2.05) is 11.3 Å². The highest BCUT2D eigenvalue weighted by atomic mass is 32.1. The fraction of sp³-hybridized carbons (Fsp3) is 0. The summed E-state index contributed by atoms with van der Waals surface area (Å²) < 4.78 is 5.14. The molecule has 3 aromatic heterocycles. The number of nitrogens with zero attached hydrogens (tertiary/aromatic N) is 1.